The van der Waals surface area contributed by atoms with E-state index < -0.39 is 0 Å². The molecule has 3 rings (SSSR count). The van der Waals surface area contributed by atoms with Crippen molar-refractivity contribution in [1.29, 1.82) is 0 Å². The van der Waals surface area contributed by atoms with Gasteiger partial charge < -0.3 is 10.6 Å². The van der Waals surface area contributed by atoms with Crippen LogP contribution < -0.4 is 10.6 Å². The summed E-state index contributed by atoms with van der Waals surface area (Å²) in [6, 6.07) is 0.665. The quantitative estimate of drug-likeness (QED) is 0.849. The van der Waals surface area contributed by atoms with Gasteiger partial charge in [0.2, 0.25) is 0 Å². The number of rotatable bonds is 4. The third-order valence-corrected chi connectivity index (χ3v) is 4.01. The van der Waals surface area contributed by atoms with Gasteiger partial charge in [-0.3, -0.25) is 0 Å². The molecule has 0 spiro atoms. The molecule has 4 heteroatoms. The molecule has 0 aromatic carbocycles. The van der Waals surface area contributed by atoms with Gasteiger partial charge in [0.25, 0.3) is 0 Å². The molecule has 0 saturated heterocycles. The number of aromatic nitrogens is 2. The third-order valence-electron chi connectivity index (χ3n) is 4.01. The lowest BCUT2D eigenvalue weighted by atomic mass is 9.91. The smallest absolute Gasteiger partial charge is 0.135 e. The summed E-state index contributed by atoms with van der Waals surface area (Å²) < 4.78 is 0. The molecule has 0 bridgehead atoms. The SMILES string of the molecule is NCCN(c1ncnc2c1CCC2)C1CCC1. The number of fused-ring (bicyclic) bond motifs is 1. The van der Waals surface area contributed by atoms with Gasteiger partial charge in [0, 0.05) is 30.4 Å². The Morgan fingerprint density at radius 3 is 2.82 bits per heavy atom. The molecule has 1 fully saturated rings. The lowest BCUT2D eigenvalue weighted by Gasteiger charge is -2.39. The highest BCUT2D eigenvalue weighted by Gasteiger charge is 2.29. The first-order valence-electron chi connectivity index (χ1n) is 6.69. The molecular formula is C13H20N4. The molecule has 0 atom stereocenters. The summed E-state index contributed by atoms with van der Waals surface area (Å²) in [5.41, 5.74) is 8.39. The first kappa shape index (κ1) is 11.0. The van der Waals surface area contributed by atoms with Crippen LogP contribution in [0, 0.1) is 0 Å². The average molecular weight is 232 g/mol. The zero-order chi connectivity index (χ0) is 11.7. The first-order chi connectivity index (χ1) is 8.40. The van der Waals surface area contributed by atoms with E-state index in [9.17, 15) is 0 Å². The van der Waals surface area contributed by atoms with Gasteiger partial charge in [0.15, 0.2) is 0 Å². The maximum Gasteiger partial charge on any atom is 0.135 e. The maximum absolute atomic E-state index is 5.74. The van der Waals surface area contributed by atoms with E-state index in [0.29, 0.717) is 12.6 Å². The van der Waals surface area contributed by atoms with Crippen molar-refractivity contribution < 1.29 is 0 Å². The molecule has 1 aromatic rings. The fourth-order valence-corrected chi connectivity index (χ4v) is 2.89. The Hall–Kier alpha value is -1.16. The number of anilines is 1. The molecule has 2 N–H and O–H groups in total. The van der Waals surface area contributed by atoms with E-state index in [2.05, 4.69) is 14.9 Å². The Morgan fingerprint density at radius 2 is 2.12 bits per heavy atom. The van der Waals surface area contributed by atoms with Crippen molar-refractivity contribution in [2.45, 2.75) is 44.6 Å². The van der Waals surface area contributed by atoms with Crippen molar-refractivity contribution in [3.05, 3.63) is 17.6 Å². The van der Waals surface area contributed by atoms with Crippen LogP contribution in [0.1, 0.15) is 36.9 Å². The zero-order valence-electron chi connectivity index (χ0n) is 10.2. The van der Waals surface area contributed by atoms with E-state index in [4.69, 9.17) is 5.73 Å². The minimum Gasteiger partial charge on any atom is -0.352 e. The van der Waals surface area contributed by atoms with E-state index in [1.54, 1.807) is 6.33 Å². The second-order valence-corrected chi connectivity index (χ2v) is 5.04. The normalized spacial score (nSPS) is 18.9. The van der Waals surface area contributed by atoms with Crippen molar-refractivity contribution in [2.24, 2.45) is 5.73 Å². The molecule has 2 aliphatic rings. The summed E-state index contributed by atoms with van der Waals surface area (Å²) in [5.74, 6) is 1.17. The van der Waals surface area contributed by atoms with Gasteiger partial charge in [-0.05, 0) is 38.5 Å². The monoisotopic (exact) mass is 232 g/mol. The highest BCUT2D eigenvalue weighted by Crippen LogP contribution is 2.33. The summed E-state index contributed by atoms with van der Waals surface area (Å²) >= 11 is 0. The number of aryl methyl sites for hydroxylation is 1. The molecule has 2 aliphatic carbocycles. The minimum atomic E-state index is 0.665. The van der Waals surface area contributed by atoms with E-state index in [-0.39, 0.29) is 0 Å². The maximum atomic E-state index is 5.74. The largest absolute Gasteiger partial charge is 0.352 e. The van der Waals surface area contributed by atoms with Crippen LogP contribution in [0.15, 0.2) is 6.33 Å². The van der Waals surface area contributed by atoms with Crippen LogP contribution in [0.5, 0.6) is 0 Å². The number of hydrogen-bond donors (Lipinski definition) is 1. The van der Waals surface area contributed by atoms with Crippen LogP contribution in [-0.4, -0.2) is 29.1 Å². The zero-order valence-corrected chi connectivity index (χ0v) is 10.2. The molecule has 0 unspecified atom stereocenters. The number of nitrogens with zero attached hydrogens (tertiary/aromatic N) is 3. The van der Waals surface area contributed by atoms with Crippen LogP contribution >= 0.6 is 0 Å². The lowest BCUT2D eigenvalue weighted by molar-refractivity contribution is 0.385. The Morgan fingerprint density at radius 1 is 1.24 bits per heavy atom. The fourth-order valence-electron chi connectivity index (χ4n) is 2.89. The van der Waals surface area contributed by atoms with Crippen LogP contribution in [-0.2, 0) is 12.8 Å². The molecule has 0 amide bonds. The van der Waals surface area contributed by atoms with Gasteiger partial charge in [-0.25, -0.2) is 9.97 Å². The van der Waals surface area contributed by atoms with Crippen molar-refractivity contribution >= 4 is 5.82 Å². The fraction of sp³-hybridized carbons (Fsp3) is 0.692. The van der Waals surface area contributed by atoms with Gasteiger partial charge in [-0.1, -0.05) is 0 Å². The van der Waals surface area contributed by atoms with E-state index in [0.717, 1.165) is 19.4 Å². The van der Waals surface area contributed by atoms with E-state index >= 15 is 0 Å². The summed E-state index contributed by atoms with van der Waals surface area (Å²) in [5, 5.41) is 0. The van der Waals surface area contributed by atoms with Crippen LogP contribution in [0.25, 0.3) is 0 Å². The van der Waals surface area contributed by atoms with Gasteiger partial charge in [0.1, 0.15) is 12.1 Å². The van der Waals surface area contributed by atoms with Crippen LogP contribution in [0.3, 0.4) is 0 Å². The number of nitrogens with two attached hydrogens (primary N) is 1. The van der Waals surface area contributed by atoms with E-state index in [1.165, 1.54) is 42.8 Å². The summed E-state index contributed by atoms with van der Waals surface area (Å²) in [4.78, 5) is 11.4. The van der Waals surface area contributed by atoms with Gasteiger partial charge in [-0.15, -0.1) is 0 Å². The van der Waals surface area contributed by atoms with E-state index in [1.807, 2.05) is 0 Å². The predicted octanol–water partition coefficient (Wildman–Crippen LogP) is 1.28. The van der Waals surface area contributed by atoms with Crippen molar-refractivity contribution in [3.63, 3.8) is 0 Å². The van der Waals surface area contributed by atoms with Crippen molar-refractivity contribution in [3.8, 4) is 0 Å². The second-order valence-electron chi connectivity index (χ2n) is 5.04. The van der Waals surface area contributed by atoms with Gasteiger partial charge in [-0.2, -0.15) is 0 Å². The summed E-state index contributed by atoms with van der Waals surface area (Å²) in [6.45, 7) is 1.63. The van der Waals surface area contributed by atoms with Gasteiger partial charge in [0.05, 0.1) is 0 Å². The van der Waals surface area contributed by atoms with Crippen molar-refractivity contribution in [2.75, 3.05) is 18.0 Å². The minimum absolute atomic E-state index is 0.665. The Labute approximate surface area is 102 Å². The Balaban J connectivity index is 1.92. The molecule has 1 heterocycles. The molecule has 1 saturated carbocycles. The molecule has 17 heavy (non-hydrogen) atoms. The Bertz CT molecular complexity index is 400. The topological polar surface area (TPSA) is 55.0 Å². The highest BCUT2D eigenvalue weighted by molar-refractivity contribution is 5.51. The Kier molecular flexibility index (Phi) is 2.97. The van der Waals surface area contributed by atoms with Crippen molar-refractivity contribution in [1.82, 2.24) is 9.97 Å². The molecule has 4 nitrogen and oxygen atoms in total. The third kappa shape index (κ3) is 1.90. The molecular weight excluding hydrogens is 212 g/mol. The standard InChI is InChI=1S/C13H20N4/c14-7-8-17(10-3-1-4-10)13-11-5-2-6-12(11)15-9-16-13/h9-10H,1-8,14H2. The molecule has 0 radical (unpaired) electrons. The number of hydrogen-bond acceptors (Lipinski definition) is 4. The first-order valence-corrected chi connectivity index (χ1v) is 6.69. The summed E-state index contributed by atoms with van der Waals surface area (Å²) in [6.07, 6.45) is 9.13. The summed E-state index contributed by atoms with van der Waals surface area (Å²) in [7, 11) is 0. The molecule has 1 aromatic heterocycles. The average Bonchev–Trinajstić information content (AvgIpc) is 2.73. The molecule has 92 valence electrons. The lowest BCUT2D eigenvalue weighted by Crippen LogP contribution is -2.44. The van der Waals surface area contributed by atoms with Gasteiger partial charge >= 0.3 is 0 Å². The second kappa shape index (κ2) is 4.61. The highest BCUT2D eigenvalue weighted by atomic mass is 15.2. The van der Waals surface area contributed by atoms with Crippen LogP contribution in [0.2, 0.25) is 0 Å². The van der Waals surface area contributed by atoms with Crippen LogP contribution in [0.4, 0.5) is 5.82 Å². The molecule has 0 aliphatic heterocycles. The predicted molar refractivity (Wildman–Crippen MR) is 68.1 cm³/mol.